The highest BCUT2D eigenvalue weighted by Crippen LogP contribution is 2.45. The molecule has 20 heavy (non-hydrogen) atoms. The number of allylic oxidation sites excluding steroid dienone is 4. The third kappa shape index (κ3) is 6.59. The average molecular weight is 274 g/mol. The Bertz CT molecular complexity index is 323. The second kappa shape index (κ2) is 9.21. The van der Waals surface area contributed by atoms with Gasteiger partial charge in [-0.15, -0.1) is 13.2 Å². The first-order valence-corrected chi connectivity index (χ1v) is 8.47. The zero-order valence-electron chi connectivity index (χ0n) is 13.9. The van der Waals surface area contributed by atoms with Gasteiger partial charge in [-0.3, -0.25) is 0 Å². The lowest BCUT2D eigenvalue weighted by Gasteiger charge is -2.16. The Hall–Kier alpha value is -0.780. The molecular formula is C20H34. The van der Waals surface area contributed by atoms with Gasteiger partial charge in [-0.2, -0.15) is 0 Å². The summed E-state index contributed by atoms with van der Waals surface area (Å²) >= 11 is 0. The lowest BCUT2D eigenvalue weighted by atomic mass is 9.90. The van der Waals surface area contributed by atoms with Crippen LogP contribution in [0.15, 0.2) is 37.0 Å². The molecule has 0 N–H and O–H groups in total. The van der Waals surface area contributed by atoms with Crippen LogP contribution in [0.4, 0.5) is 0 Å². The predicted octanol–water partition coefficient (Wildman–Crippen LogP) is 6.55. The number of hydrogen-bond donors (Lipinski definition) is 0. The molecule has 0 heteroatoms. The fourth-order valence-electron chi connectivity index (χ4n) is 3.09. The lowest BCUT2D eigenvalue weighted by Crippen LogP contribution is -2.05. The SMILES string of the molecule is C=CCCC1CC1CCC/C=C(\C)CC(C)C(C)C=C. The van der Waals surface area contributed by atoms with Gasteiger partial charge in [-0.1, -0.05) is 37.6 Å². The number of unbranched alkanes of at least 4 members (excludes halogenated alkanes) is 1. The van der Waals surface area contributed by atoms with Crippen molar-refractivity contribution < 1.29 is 0 Å². The molecule has 0 nitrogen and oxygen atoms in total. The highest BCUT2D eigenvalue weighted by Gasteiger charge is 2.34. The minimum absolute atomic E-state index is 0.621. The summed E-state index contributed by atoms with van der Waals surface area (Å²) in [5, 5.41) is 0. The van der Waals surface area contributed by atoms with Crippen molar-refractivity contribution in [1.82, 2.24) is 0 Å². The quantitative estimate of drug-likeness (QED) is 0.296. The minimum atomic E-state index is 0.621. The summed E-state index contributed by atoms with van der Waals surface area (Å²) in [5.74, 6) is 3.39. The fraction of sp³-hybridized carbons (Fsp3) is 0.700. The van der Waals surface area contributed by atoms with Gasteiger partial charge in [0.2, 0.25) is 0 Å². The predicted molar refractivity (Wildman–Crippen MR) is 91.8 cm³/mol. The van der Waals surface area contributed by atoms with Crippen LogP contribution < -0.4 is 0 Å². The monoisotopic (exact) mass is 274 g/mol. The summed E-state index contributed by atoms with van der Waals surface area (Å²) in [6, 6.07) is 0. The Balaban J connectivity index is 2.09. The van der Waals surface area contributed by atoms with Crippen LogP contribution >= 0.6 is 0 Å². The van der Waals surface area contributed by atoms with Crippen LogP contribution in [0.5, 0.6) is 0 Å². The summed E-state index contributed by atoms with van der Waals surface area (Å²) in [6.45, 7) is 14.6. The maximum absolute atomic E-state index is 3.89. The molecule has 0 amide bonds. The molecular weight excluding hydrogens is 240 g/mol. The molecule has 4 unspecified atom stereocenters. The molecule has 0 bridgehead atoms. The Kier molecular flexibility index (Phi) is 7.95. The van der Waals surface area contributed by atoms with E-state index in [4.69, 9.17) is 0 Å². The Morgan fingerprint density at radius 3 is 2.50 bits per heavy atom. The standard InChI is InChI=1S/C20H34/c1-6-8-12-19-15-20(19)13-10-9-11-16(3)14-18(5)17(4)7-2/h6-7,11,17-20H,1-2,8-10,12-15H2,3-5H3/b16-11+. The molecule has 0 saturated heterocycles. The highest BCUT2D eigenvalue weighted by atomic mass is 14.4. The van der Waals surface area contributed by atoms with E-state index in [0.29, 0.717) is 5.92 Å². The average Bonchev–Trinajstić information content (AvgIpc) is 3.18. The smallest absolute Gasteiger partial charge is 0.0236 e. The molecule has 0 aromatic heterocycles. The van der Waals surface area contributed by atoms with Gasteiger partial charge >= 0.3 is 0 Å². The lowest BCUT2D eigenvalue weighted by molar-refractivity contribution is 0.456. The van der Waals surface area contributed by atoms with E-state index in [0.717, 1.165) is 17.8 Å². The summed E-state index contributed by atoms with van der Waals surface area (Å²) in [6.07, 6.45) is 16.0. The molecule has 0 heterocycles. The van der Waals surface area contributed by atoms with Crippen molar-refractivity contribution >= 4 is 0 Å². The maximum Gasteiger partial charge on any atom is -0.0236 e. The second-order valence-electron chi connectivity index (χ2n) is 6.88. The first-order valence-electron chi connectivity index (χ1n) is 8.47. The van der Waals surface area contributed by atoms with Crippen LogP contribution in [0, 0.1) is 23.7 Å². The van der Waals surface area contributed by atoms with Crippen molar-refractivity contribution in [2.45, 2.75) is 65.7 Å². The normalized spacial score (nSPS) is 25.1. The molecule has 1 fully saturated rings. The Morgan fingerprint density at radius 1 is 1.15 bits per heavy atom. The van der Waals surface area contributed by atoms with Crippen molar-refractivity contribution in [3.63, 3.8) is 0 Å². The molecule has 0 spiro atoms. The van der Waals surface area contributed by atoms with Crippen LogP contribution in [0.3, 0.4) is 0 Å². The Morgan fingerprint density at radius 2 is 1.85 bits per heavy atom. The summed E-state index contributed by atoms with van der Waals surface area (Å²) in [5.41, 5.74) is 1.56. The summed E-state index contributed by atoms with van der Waals surface area (Å²) in [4.78, 5) is 0. The van der Waals surface area contributed by atoms with Gasteiger partial charge in [0.15, 0.2) is 0 Å². The van der Waals surface area contributed by atoms with E-state index in [1.807, 2.05) is 0 Å². The first-order chi connectivity index (χ1) is 9.58. The molecule has 0 aromatic rings. The van der Waals surface area contributed by atoms with E-state index < -0.39 is 0 Å². The summed E-state index contributed by atoms with van der Waals surface area (Å²) in [7, 11) is 0. The Labute approximate surface area is 127 Å². The van der Waals surface area contributed by atoms with Gasteiger partial charge < -0.3 is 0 Å². The molecule has 1 saturated carbocycles. The van der Waals surface area contributed by atoms with Crippen molar-refractivity contribution in [1.29, 1.82) is 0 Å². The van der Waals surface area contributed by atoms with Gasteiger partial charge in [0.1, 0.15) is 0 Å². The van der Waals surface area contributed by atoms with E-state index in [2.05, 4.69) is 52.2 Å². The topological polar surface area (TPSA) is 0 Å². The molecule has 4 atom stereocenters. The van der Waals surface area contributed by atoms with Crippen LogP contribution in [-0.2, 0) is 0 Å². The van der Waals surface area contributed by atoms with Gasteiger partial charge in [-0.25, -0.2) is 0 Å². The molecule has 114 valence electrons. The zero-order chi connectivity index (χ0) is 15.0. The van der Waals surface area contributed by atoms with E-state index in [-0.39, 0.29) is 0 Å². The van der Waals surface area contributed by atoms with E-state index in [1.165, 1.54) is 44.9 Å². The molecule has 0 aromatic carbocycles. The third-order valence-corrected chi connectivity index (χ3v) is 5.00. The summed E-state index contributed by atoms with van der Waals surface area (Å²) < 4.78 is 0. The van der Waals surface area contributed by atoms with Crippen molar-refractivity contribution in [2.24, 2.45) is 23.7 Å². The highest BCUT2D eigenvalue weighted by molar-refractivity contribution is 5.00. The third-order valence-electron chi connectivity index (χ3n) is 5.00. The fourth-order valence-corrected chi connectivity index (χ4v) is 3.09. The molecule has 0 aliphatic heterocycles. The second-order valence-corrected chi connectivity index (χ2v) is 6.88. The largest absolute Gasteiger partial charge is 0.103 e. The van der Waals surface area contributed by atoms with Crippen LogP contribution in [-0.4, -0.2) is 0 Å². The molecule has 1 rings (SSSR count). The van der Waals surface area contributed by atoms with Gasteiger partial charge in [0.05, 0.1) is 0 Å². The first kappa shape index (κ1) is 17.3. The maximum atomic E-state index is 3.89. The van der Waals surface area contributed by atoms with Crippen LogP contribution in [0.1, 0.15) is 65.7 Å². The van der Waals surface area contributed by atoms with Crippen LogP contribution in [0.2, 0.25) is 0 Å². The minimum Gasteiger partial charge on any atom is -0.103 e. The van der Waals surface area contributed by atoms with E-state index in [9.17, 15) is 0 Å². The van der Waals surface area contributed by atoms with E-state index >= 15 is 0 Å². The number of rotatable bonds is 11. The van der Waals surface area contributed by atoms with E-state index in [1.54, 1.807) is 5.57 Å². The van der Waals surface area contributed by atoms with Gasteiger partial charge in [0.25, 0.3) is 0 Å². The van der Waals surface area contributed by atoms with Crippen molar-refractivity contribution in [3.05, 3.63) is 37.0 Å². The van der Waals surface area contributed by atoms with Gasteiger partial charge in [0, 0.05) is 0 Å². The van der Waals surface area contributed by atoms with Gasteiger partial charge in [-0.05, 0) is 75.5 Å². The molecule has 0 radical (unpaired) electrons. The molecule has 1 aliphatic rings. The zero-order valence-corrected chi connectivity index (χ0v) is 13.9. The van der Waals surface area contributed by atoms with Crippen LogP contribution in [0.25, 0.3) is 0 Å². The van der Waals surface area contributed by atoms with Crippen molar-refractivity contribution in [2.75, 3.05) is 0 Å². The van der Waals surface area contributed by atoms with Crippen molar-refractivity contribution in [3.8, 4) is 0 Å². The molecule has 1 aliphatic carbocycles. The number of hydrogen-bond acceptors (Lipinski definition) is 0.